The van der Waals surface area contributed by atoms with Gasteiger partial charge in [0.15, 0.2) is 11.6 Å². The maximum Gasteiger partial charge on any atom is 0.343 e. The number of esters is 1. The fourth-order valence-corrected chi connectivity index (χ4v) is 2.83. The van der Waals surface area contributed by atoms with Crippen molar-refractivity contribution in [2.24, 2.45) is 0 Å². The Hall–Kier alpha value is -2.24. The lowest BCUT2D eigenvalue weighted by Crippen LogP contribution is -2.21. The van der Waals surface area contributed by atoms with Crippen LogP contribution in [0, 0.1) is 11.6 Å². The molecule has 0 unspecified atom stereocenters. The first-order valence-electron chi connectivity index (χ1n) is 6.68. The highest BCUT2D eigenvalue weighted by Gasteiger charge is 2.29. The molecule has 1 atom stereocenters. The van der Waals surface area contributed by atoms with Crippen molar-refractivity contribution in [2.45, 2.75) is 26.3 Å². The van der Waals surface area contributed by atoms with Crippen LogP contribution < -0.4 is 5.43 Å². The zero-order valence-electron chi connectivity index (χ0n) is 11.6. The first kappa shape index (κ1) is 13.7. The Morgan fingerprint density at radius 1 is 1.48 bits per heavy atom. The summed E-state index contributed by atoms with van der Waals surface area (Å²) in [6, 6.07) is 0.695. The second kappa shape index (κ2) is 4.65. The number of pyridine rings is 1. The third kappa shape index (κ3) is 1.86. The molecular formula is C15H13F2NO3. The number of hydrogen-bond donors (Lipinski definition) is 0. The number of hydrogen-bond acceptors (Lipinski definition) is 3. The zero-order chi connectivity index (χ0) is 15.3. The van der Waals surface area contributed by atoms with Crippen LogP contribution in [-0.2, 0) is 11.2 Å². The van der Waals surface area contributed by atoms with Crippen LogP contribution in [0.25, 0.3) is 10.9 Å². The Morgan fingerprint density at radius 2 is 2.19 bits per heavy atom. The Kier molecular flexibility index (Phi) is 3.04. The number of carbonyl (C=O) groups excluding carboxylic acids is 1. The largest absolute Gasteiger partial charge is 0.462 e. The van der Waals surface area contributed by atoms with E-state index >= 15 is 0 Å². The molecule has 0 bridgehead atoms. The van der Waals surface area contributed by atoms with Crippen molar-refractivity contribution >= 4 is 16.9 Å². The molecule has 1 aliphatic heterocycles. The number of aromatic nitrogens is 1. The van der Waals surface area contributed by atoms with E-state index in [1.54, 1.807) is 11.5 Å². The summed E-state index contributed by atoms with van der Waals surface area (Å²) in [6.45, 7) is 3.58. The summed E-state index contributed by atoms with van der Waals surface area (Å²) < 4.78 is 34.0. The molecule has 0 saturated carbocycles. The molecule has 3 rings (SSSR count). The summed E-state index contributed by atoms with van der Waals surface area (Å²) in [5.74, 6) is -2.75. The molecule has 0 N–H and O–H groups in total. The van der Waals surface area contributed by atoms with Gasteiger partial charge in [-0.2, -0.15) is 0 Å². The van der Waals surface area contributed by atoms with E-state index in [-0.39, 0.29) is 35.6 Å². The highest BCUT2D eigenvalue weighted by molar-refractivity contribution is 5.95. The smallest absolute Gasteiger partial charge is 0.343 e. The summed E-state index contributed by atoms with van der Waals surface area (Å²) in [6.07, 6.45) is 1.66. The van der Waals surface area contributed by atoms with Crippen LogP contribution in [0.2, 0.25) is 0 Å². The predicted octanol–water partition coefficient (Wildman–Crippen LogP) is 2.57. The molecule has 1 aromatic heterocycles. The molecule has 0 spiro atoms. The lowest BCUT2D eigenvalue weighted by Gasteiger charge is -2.12. The molecule has 110 valence electrons. The number of carbonyl (C=O) groups is 1. The van der Waals surface area contributed by atoms with Crippen molar-refractivity contribution in [1.82, 2.24) is 4.57 Å². The molecular weight excluding hydrogens is 280 g/mol. The number of rotatable bonds is 2. The summed E-state index contributed by atoms with van der Waals surface area (Å²) in [5.41, 5.74) is -0.242. The normalized spacial score (nSPS) is 16.5. The van der Waals surface area contributed by atoms with Gasteiger partial charge in [-0.25, -0.2) is 13.6 Å². The van der Waals surface area contributed by atoms with Crippen LogP contribution in [0.15, 0.2) is 17.1 Å². The molecule has 1 aromatic carbocycles. The molecule has 0 saturated heterocycles. The average Bonchev–Trinajstić information content (AvgIpc) is 2.77. The standard InChI is InChI=1S/C15H13F2NO3/c1-3-21-15(20)10-6-18-7(2)4-8-12(17)11(16)5-9(13(8)18)14(10)19/h5-7H,3-4H2,1-2H3/t7-/m0/s1. The molecule has 1 aliphatic rings. The second-order valence-electron chi connectivity index (χ2n) is 5.10. The summed E-state index contributed by atoms with van der Waals surface area (Å²) in [4.78, 5) is 24.2. The van der Waals surface area contributed by atoms with E-state index in [1.165, 1.54) is 6.20 Å². The quantitative estimate of drug-likeness (QED) is 0.800. The predicted molar refractivity (Wildman–Crippen MR) is 72.5 cm³/mol. The first-order chi connectivity index (χ1) is 9.95. The molecule has 6 heteroatoms. The lowest BCUT2D eigenvalue weighted by molar-refractivity contribution is 0.0524. The van der Waals surface area contributed by atoms with Gasteiger partial charge in [-0.1, -0.05) is 0 Å². The molecule has 2 heterocycles. The number of halogens is 2. The van der Waals surface area contributed by atoms with Gasteiger partial charge in [0.25, 0.3) is 0 Å². The van der Waals surface area contributed by atoms with Crippen LogP contribution in [0.3, 0.4) is 0 Å². The van der Waals surface area contributed by atoms with Gasteiger partial charge in [0.1, 0.15) is 5.56 Å². The van der Waals surface area contributed by atoms with Crippen molar-refractivity contribution in [3.63, 3.8) is 0 Å². The summed E-state index contributed by atoms with van der Waals surface area (Å²) in [5, 5.41) is 0.0128. The first-order valence-corrected chi connectivity index (χ1v) is 6.68. The highest BCUT2D eigenvalue weighted by atomic mass is 19.2. The van der Waals surface area contributed by atoms with Crippen molar-refractivity contribution in [1.29, 1.82) is 0 Å². The lowest BCUT2D eigenvalue weighted by atomic mass is 10.1. The van der Waals surface area contributed by atoms with E-state index < -0.39 is 23.0 Å². The van der Waals surface area contributed by atoms with Gasteiger partial charge >= 0.3 is 5.97 Å². The van der Waals surface area contributed by atoms with Gasteiger partial charge in [0, 0.05) is 23.2 Å². The molecule has 0 amide bonds. The zero-order valence-corrected chi connectivity index (χ0v) is 11.6. The third-order valence-electron chi connectivity index (χ3n) is 3.77. The minimum Gasteiger partial charge on any atom is -0.462 e. The molecule has 21 heavy (non-hydrogen) atoms. The van der Waals surface area contributed by atoms with Crippen LogP contribution in [0.4, 0.5) is 8.78 Å². The maximum atomic E-state index is 13.9. The third-order valence-corrected chi connectivity index (χ3v) is 3.77. The topological polar surface area (TPSA) is 48.3 Å². The van der Waals surface area contributed by atoms with Crippen molar-refractivity contribution < 1.29 is 18.3 Å². The second-order valence-corrected chi connectivity index (χ2v) is 5.10. The van der Waals surface area contributed by atoms with Gasteiger partial charge in [0.2, 0.25) is 5.43 Å². The van der Waals surface area contributed by atoms with Crippen LogP contribution in [0.1, 0.15) is 35.8 Å². The van der Waals surface area contributed by atoms with Gasteiger partial charge in [-0.15, -0.1) is 0 Å². The minimum absolute atomic E-state index is 0.0128. The van der Waals surface area contributed by atoms with Gasteiger partial charge in [-0.3, -0.25) is 4.79 Å². The van der Waals surface area contributed by atoms with E-state index in [9.17, 15) is 18.4 Å². The van der Waals surface area contributed by atoms with Gasteiger partial charge < -0.3 is 9.30 Å². The van der Waals surface area contributed by atoms with Crippen LogP contribution in [0.5, 0.6) is 0 Å². The van der Waals surface area contributed by atoms with Crippen molar-refractivity contribution in [3.05, 3.63) is 45.2 Å². The highest BCUT2D eigenvalue weighted by Crippen LogP contribution is 2.34. The number of ether oxygens (including phenoxy) is 1. The number of nitrogens with zero attached hydrogens (tertiary/aromatic N) is 1. The average molecular weight is 293 g/mol. The van der Waals surface area contributed by atoms with E-state index in [0.717, 1.165) is 6.07 Å². The van der Waals surface area contributed by atoms with E-state index in [1.807, 2.05) is 6.92 Å². The Labute approximate surface area is 118 Å². The molecule has 4 nitrogen and oxygen atoms in total. The van der Waals surface area contributed by atoms with E-state index in [2.05, 4.69) is 0 Å². The minimum atomic E-state index is -1.07. The van der Waals surface area contributed by atoms with Crippen LogP contribution >= 0.6 is 0 Å². The molecule has 0 radical (unpaired) electrons. The molecule has 0 fully saturated rings. The molecule has 0 aliphatic carbocycles. The van der Waals surface area contributed by atoms with Crippen molar-refractivity contribution in [3.8, 4) is 0 Å². The van der Waals surface area contributed by atoms with Gasteiger partial charge in [0.05, 0.1) is 12.1 Å². The maximum absolute atomic E-state index is 13.9. The van der Waals surface area contributed by atoms with E-state index in [4.69, 9.17) is 4.74 Å². The Morgan fingerprint density at radius 3 is 2.86 bits per heavy atom. The summed E-state index contributed by atoms with van der Waals surface area (Å²) >= 11 is 0. The Bertz CT molecular complexity index is 826. The van der Waals surface area contributed by atoms with Gasteiger partial charge in [-0.05, 0) is 26.3 Å². The number of benzene rings is 1. The van der Waals surface area contributed by atoms with E-state index in [0.29, 0.717) is 5.52 Å². The summed E-state index contributed by atoms with van der Waals surface area (Å²) in [7, 11) is 0. The Balaban J connectivity index is 2.40. The monoisotopic (exact) mass is 293 g/mol. The van der Waals surface area contributed by atoms with Crippen LogP contribution in [-0.4, -0.2) is 17.1 Å². The SMILES string of the molecule is CCOC(=O)c1cn2c3c(c(F)c(F)cc3c1=O)C[C@@H]2C. The molecule has 2 aromatic rings. The fourth-order valence-electron chi connectivity index (χ4n) is 2.83. The fraction of sp³-hybridized carbons (Fsp3) is 0.333. The van der Waals surface area contributed by atoms with Crippen molar-refractivity contribution in [2.75, 3.05) is 6.61 Å².